The maximum atomic E-state index is 13.7. The molecule has 0 spiro atoms. The fraction of sp³-hybridized carbons (Fsp3) is 0.167. The van der Waals surface area contributed by atoms with Gasteiger partial charge < -0.3 is 0 Å². The summed E-state index contributed by atoms with van der Waals surface area (Å²) >= 11 is 6.46. The van der Waals surface area contributed by atoms with Crippen LogP contribution in [0.2, 0.25) is 5.02 Å². The van der Waals surface area contributed by atoms with Crippen LogP contribution in [-0.4, -0.2) is 27.7 Å². The summed E-state index contributed by atoms with van der Waals surface area (Å²) in [5.41, 5.74) is 1.35. The van der Waals surface area contributed by atoms with Crippen molar-refractivity contribution in [1.82, 2.24) is 4.31 Å². The van der Waals surface area contributed by atoms with Gasteiger partial charge in [0.2, 0.25) is 19.9 Å². The Morgan fingerprint density at radius 3 is 2.09 bits per heavy atom. The molecule has 3 aromatic rings. The van der Waals surface area contributed by atoms with Crippen molar-refractivity contribution in [3.63, 3.8) is 0 Å². The van der Waals surface area contributed by atoms with Gasteiger partial charge in [0.15, 0.2) is 0 Å². The molecule has 0 bridgehead atoms. The van der Waals surface area contributed by atoms with Crippen molar-refractivity contribution in [2.24, 2.45) is 0 Å². The highest BCUT2D eigenvalue weighted by Gasteiger charge is 2.42. The van der Waals surface area contributed by atoms with E-state index in [0.717, 1.165) is 5.56 Å². The third-order valence-corrected chi connectivity index (χ3v) is 9.57. The molecular formula is C24H22ClNO4S2. The molecule has 0 N–H and O–H groups in total. The Balaban J connectivity index is 1.91. The Labute approximate surface area is 193 Å². The zero-order valence-electron chi connectivity index (χ0n) is 17.3. The van der Waals surface area contributed by atoms with Crippen molar-refractivity contribution in [3.05, 3.63) is 106 Å². The minimum Gasteiger partial charge on any atom is -0.219 e. The van der Waals surface area contributed by atoms with E-state index in [-0.39, 0.29) is 27.7 Å². The van der Waals surface area contributed by atoms with Gasteiger partial charge in [-0.1, -0.05) is 71.8 Å². The SMILES string of the molecule is Cc1ccc(S(=O)(=O)C2=CCCN(S(=O)(=O)c3ccccc3)C2c2ccccc2Cl)cc1. The van der Waals surface area contributed by atoms with E-state index in [1.807, 2.05) is 6.92 Å². The molecule has 166 valence electrons. The number of sulfone groups is 1. The molecule has 1 atom stereocenters. The minimum absolute atomic E-state index is 0.0141. The number of hydrogen-bond acceptors (Lipinski definition) is 4. The lowest BCUT2D eigenvalue weighted by molar-refractivity contribution is 0.353. The first-order valence-corrected chi connectivity index (χ1v) is 13.4. The summed E-state index contributed by atoms with van der Waals surface area (Å²) in [6, 6.07) is 20.2. The quantitative estimate of drug-likeness (QED) is 0.499. The van der Waals surface area contributed by atoms with E-state index in [9.17, 15) is 16.8 Å². The fourth-order valence-corrected chi connectivity index (χ4v) is 7.40. The topological polar surface area (TPSA) is 71.5 Å². The first kappa shape index (κ1) is 22.7. The van der Waals surface area contributed by atoms with Gasteiger partial charge in [0, 0.05) is 11.6 Å². The number of hydrogen-bond donors (Lipinski definition) is 0. The highest BCUT2D eigenvalue weighted by Crippen LogP contribution is 2.43. The second kappa shape index (κ2) is 8.83. The van der Waals surface area contributed by atoms with E-state index in [0.29, 0.717) is 10.6 Å². The molecule has 0 radical (unpaired) electrons. The van der Waals surface area contributed by atoms with Crippen molar-refractivity contribution in [1.29, 1.82) is 0 Å². The van der Waals surface area contributed by atoms with Gasteiger partial charge in [-0.3, -0.25) is 0 Å². The van der Waals surface area contributed by atoms with E-state index >= 15 is 0 Å². The van der Waals surface area contributed by atoms with Gasteiger partial charge in [0.1, 0.15) is 0 Å². The highest BCUT2D eigenvalue weighted by atomic mass is 35.5. The normalized spacial score (nSPS) is 17.7. The maximum absolute atomic E-state index is 13.7. The molecule has 0 saturated carbocycles. The van der Waals surface area contributed by atoms with Crippen LogP contribution < -0.4 is 0 Å². The van der Waals surface area contributed by atoms with Crippen LogP contribution in [0.15, 0.2) is 99.6 Å². The molecule has 1 aliphatic heterocycles. The molecule has 1 heterocycles. The predicted octanol–water partition coefficient (Wildman–Crippen LogP) is 5.14. The van der Waals surface area contributed by atoms with Crippen LogP contribution in [0, 0.1) is 6.92 Å². The van der Waals surface area contributed by atoms with Crippen LogP contribution >= 0.6 is 11.6 Å². The first-order valence-electron chi connectivity index (χ1n) is 10.1. The largest absolute Gasteiger partial charge is 0.243 e. The van der Waals surface area contributed by atoms with Crippen LogP contribution in [-0.2, 0) is 19.9 Å². The van der Waals surface area contributed by atoms with Gasteiger partial charge in [0.05, 0.1) is 20.7 Å². The Morgan fingerprint density at radius 1 is 0.812 bits per heavy atom. The Bertz CT molecular complexity index is 1370. The van der Waals surface area contributed by atoms with Gasteiger partial charge in [-0.2, -0.15) is 4.31 Å². The summed E-state index contributed by atoms with van der Waals surface area (Å²) in [6.45, 7) is 2.01. The number of benzene rings is 3. The third kappa shape index (κ3) is 4.13. The molecule has 0 saturated heterocycles. The molecule has 3 aromatic carbocycles. The van der Waals surface area contributed by atoms with E-state index < -0.39 is 25.9 Å². The van der Waals surface area contributed by atoms with Crippen molar-refractivity contribution in [2.45, 2.75) is 29.2 Å². The molecule has 4 rings (SSSR count). The average molecular weight is 488 g/mol. The molecule has 5 nitrogen and oxygen atoms in total. The zero-order valence-corrected chi connectivity index (χ0v) is 19.7. The van der Waals surface area contributed by atoms with E-state index in [1.165, 1.54) is 16.4 Å². The Hall–Kier alpha value is -2.45. The first-order chi connectivity index (χ1) is 15.2. The highest BCUT2D eigenvalue weighted by molar-refractivity contribution is 7.95. The number of sulfonamides is 1. The Morgan fingerprint density at radius 2 is 1.44 bits per heavy atom. The number of nitrogens with zero attached hydrogens (tertiary/aromatic N) is 1. The molecule has 1 unspecified atom stereocenters. The van der Waals surface area contributed by atoms with Crippen LogP contribution in [0.25, 0.3) is 0 Å². The van der Waals surface area contributed by atoms with Crippen molar-refractivity contribution >= 4 is 31.5 Å². The summed E-state index contributed by atoms with van der Waals surface area (Å²) in [5, 5.41) is 0.303. The van der Waals surface area contributed by atoms with Crippen molar-refractivity contribution in [2.75, 3.05) is 6.54 Å². The van der Waals surface area contributed by atoms with Crippen molar-refractivity contribution < 1.29 is 16.8 Å². The van der Waals surface area contributed by atoms with Crippen molar-refractivity contribution in [3.8, 4) is 0 Å². The number of aryl methyl sites for hydroxylation is 1. The predicted molar refractivity (Wildman–Crippen MR) is 126 cm³/mol. The second-order valence-electron chi connectivity index (χ2n) is 7.56. The Kier molecular flexibility index (Phi) is 6.27. The van der Waals surface area contributed by atoms with E-state index in [4.69, 9.17) is 11.6 Å². The van der Waals surface area contributed by atoms with Crippen LogP contribution in [0.5, 0.6) is 0 Å². The standard InChI is InChI=1S/C24H22ClNO4S2/c1-18-13-15-19(16-14-18)31(27,28)23-12-7-17-26(24(23)21-10-5-6-11-22(21)25)32(29,30)20-8-3-2-4-9-20/h2-6,8-16,24H,7,17H2,1H3. The van der Waals surface area contributed by atoms with Gasteiger partial charge in [0.25, 0.3) is 0 Å². The molecule has 32 heavy (non-hydrogen) atoms. The summed E-state index contributed by atoms with van der Waals surface area (Å²) in [6.07, 6.45) is 1.88. The van der Waals surface area contributed by atoms with Gasteiger partial charge in [-0.25, -0.2) is 16.8 Å². The molecule has 0 fully saturated rings. The summed E-state index contributed by atoms with van der Waals surface area (Å²) in [4.78, 5) is 0.233. The lowest BCUT2D eigenvalue weighted by atomic mass is 10.0. The fourth-order valence-electron chi connectivity index (χ4n) is 3.82. The maximum Gasteiger partial charge on any atom is 0.243 e. The smallest absolute Gasteiger partial charge is 0.219 e. The molecule has 0 aliphatic carbocycles. The lowest BCUT2D eigenvalue weighted by Crippen LogP contribution is -2.40. The molecule has 0 aromatic heterocycles. The monoisotopic (exact) mass is 487 g/mol. The summed E-state index contributed by atoms with van der Waals surface area (Å²) in [5.74, 6) is 0. The van der Waals surface area contributed by atoms with Gasteiger partial charge in [-0.05, 0) is 49.2 Å². The minimum atomic E-state index is -3.99. The average Bonchev–Trinajstić information content (AvgIpc) is 2.80. The summed E-state index contributed by atoms with van der Waals surface area (Å²) in [7, 11) is -7.96. The van der Waals surface area contributed by atoms with E-state index in [1.54, 1.807) is 72.8 Å². The molecule has 1 aliphatic rings. The van der Waals surface area contributed by atoms with Crippen LogP contribution in [0.1, 0.15) is 23.6 Å². The van der Waals surface area contributed by atoms with E-state index in [2.05, 4.69) is 0 Å². The molecular weight excluding hydrogens is 466 g/mol. The number of rotatable bonds is 5. The van der Waals surface area contributed by atoms with Crippen LogP contribution in [0.4, 0.5) is 0 Å². The molecule has 0 amide bonds. The van der Waals surface area contributed by atoms with Gasteiger partial charge >= 0.3 is 0 Å². The second-order valence-corrected chi connectivity index (χ2v) is 11.8. The van der Waals surface area contributed by atoms with Crippen LogP contribution in [0.3, 0.4) is 0 Å². The third-order valence-electron chi connectivity index (χ3n) is 5.44. The summed E-state index contributed by atoms with van der Waals surface area (Å²) < 4.78 is 55.8. The number of halogens is 1. The zero-order chi connectivity index (χ0) is 22.9. The van der Waals surface area contributed by atoms with Gasteiger partial charge in [-0.15, -0.1) is 0 Å². The molecule has 8 heteroatoms. The lowest BCUT2D eigenvalue weighted by Gasteiger charge is -2.36.